The van der Waals surface area contributed by atoms with Gasteiger partial charge in [-0.25, -0.2) is 4.98 Å². The van der Waals surface area contributed by atoms with E-state index in [1.807, 2.05) is 0 Å². The maximum Gasteiger partial charge on any atom is 0.255 e. The highest BCUT2D eigenvalue weighted by Gasteiger charge is 2.27. The fourth-order valence-electron chi connectivity index (χ4n) is 10.1. The van der Waals surface area contributed by atoms with Gasteiger partial charge in [0.2, 0.25) is 0 Å². The number of unbranched alkanes of at least 4 members (excludes halogenated alkanes) is 1. The minimum atomic E-state index is 0.664. The summed E-state index contributed by atoms with van der Waals surface area (Å²) >= 11 is 0. The second-order valence-electron chi connectivity index (χ2n) is 16.8. The van der Waals surface area contributed by atoms with E-state index in [-0.39, 0.29) is 0 Å². The lowest BCUT2D eigenvalue weighted by Crippen LogP contribution is -2.40. The summed E-state index contributed by atoms with van der Waals surface area (Å²) < 4.78 is 19.5. The predicted octanol–water partition coefficient (Wildman–Crippen LogP) is 13.0. The number of aromatic nitrogens is 4. The van der Waals surface area contributed by atoms with Crippen molar-refractivity contribution < 1.29 is 18.6 Å². The molecule has 0 radical (unpaired) electrons. The maximum absolute atomic E-state index is 6.46. The van der Waals surface area contributed by atoms with Gasteiger partial charge in [0.1, 0.15) is 19.5 Å². The van der Waals surface area contributed by atoms with Crippen molar-refractivity contribution >= 4 is 54.4 Å². The Morgan fingerprint density at radius 2 is 1.25 bits per heavy atom. The maximum atomic E-state index is 6.46. The summed E-state index contributed by atoms with van der Waals surface area (Å²) in [5, 5.41) is 7.15. The number of imidazole rings is 1. The van der Waals surface area contributed by atoms with Crippen LogP contribution in [0.4, 0.5) is 0 Å². The molecule has 0 saturated carbocycles. The highest BCUT2D eigenvalue weighted by molar-refractivity contribution is 6.25. The zero-order chi connectivity index (χ0) is 42.7. The molecule has 4 heterocycles. The molecule has 6 heteroatoms. The molecule has 3 aromatic heterocycles. The van der Waals surface area contributed by atoms with E-state index in [1.54, 1.807) is 0 Å². The number of benzene rings is 8. The normalized spacial score (nSPS) is 12.4. The van der Waals surface area contributed by atoms with Crippen molar-refractivity contribution in [3.05, 3.63) is 182 Å². The van der Waals surface area contributed by atoms with Gasteiger partial charge in [0, 0.05) is 23.4 Å². The molecule has 8 aromatic carbocycles. The molecule has 1 aliphatic rings. The van der Waals surface area contributed by atoms with Crippen LogP contribution in [0.1, 0.15) is 19.8 Å². The van der Waals surface area contributed by atoms with Gasteiger partial charge in [-0.1, -0.05) is 104 Å². The average molecular weight is 831 g/mol. The Hall–Kier alpha value is -7.83. The molecule has 6 nitrogen and oxygen atoms in total. The van der Waals surface area contributed by atoms with Gasteiger partial charge in [-0.2, -0.15) is 9.13 Å². The van der Waals surface area contributed by atoms with Gasteiger partial charge in [0.15, 0.2) is 30.4 Å². The number of pyridine rings is 2. The van der Waals surface area contributed by atoms with Crippen LogP contribution in [0, 0.1) is 0 Å². The Bertz CT molecular complexity index is 3600. The van der Waals surface area contributed by atoms with Crippen molar-refractivity contribution in [3.63, 3.8) is 0 Å². The molecule has 0 saturated heterocycles. The minimum absolute atomic E-state index is 0.664. The summed E-state index contributed by atoms with van der Waals surface area (Å²) in [5.74, 6) is 2.76. The molecule has 0 unspecified atom stereocenters. The molecule has 0 fully saturated rings. The summed E-state index contributed by atoms with van der Waals surface area (Å²) in [4.78, 5) is 5.16. The molecular weight excluding hydrogens is 785 g/mol. The number of rotatable bonds is 9. The van der Waals surface area contributed by atoms with E-state index < -0.39 is 0 Å². The summed E-state index contributed by atoms with van der Waals surface area (Å²) in [6.07, 6.45) is 6.39. The molecule has 0 N–H and O–H groups in total. The lowest BCUT2D eigenvalue weighted by atomic mass is 9.83. The fourth-order valence-corrected chi connectivity index (χ4v) is 10.1. The molecular formula is C58H46N4O2+2. The van der Waals surface area contributed by atoms with Gasteiger partial charge in [0.05, 0.1) is 28.4 Å². The standard InChI is InChI=1S/C58H46N4O2/c1-3-4-35-63-52-30-28-44(47-18-12-32-60(2)56(47)52)54-42-16-8-9-17-43(42)55(45-29-31-53-57-48(45)19-13-33-61(57)34-36-64-53)49-37-40(26-27-46(49)54)38-22-24-39(25-23-38)58-59-50-20-10-11-21-51(50)62(58)41-14-6-5-7-15-41/h5-33,37H,3-4,34-36H2,1-2H3/q+2. The minimum Gasteiger partial charge on any atom is -0.487 e. The van der Waals surface area contributed by atoms with E-state index in [4.69, 9.17) is 14.5 Å². The van der Waals surface area contributed by atoms with Crippen molar-refractivity contribution in [2.75, 3.05) is 13.2 Å². The SMILES string of the molecule is CCCCOc1ccc(-c2c3ccccc3c(-c3ccc4c5c3ccc[n+]5CCO4)c3cc(-c4ccc(-c5nc6ccccc6n5-c5ccccc5)cc4)ccc23)c2ccc[n+](C)c12. The molecule has 1 aliphatic heterocycles. The van der Waals surface area contributed by atoms with Crippen molar-refractivity contribution in [2.45, 2.75) is 26.3 Å². The first-order valence-electron chi connectivity index (χ1n) is 22.4. The predicted molar refractivity (Wildman–Crippen MR) is 260 cm³/mol. The highest BCUT2D eigenvalue weighted by atomic mass is 16.5. The summed E-state index contributed by atoms with van der Waals surface area (Å²) in [6, 6.07) is 61.5. The second kappa shape index (κ2) is 15.5. The quantitative estimate of drug-likeness (QED) is 0.0827. The van der Waals surface area contributed by atoms with Gasteiger partial charge >= 0.3 is 0 Å². The Morgan fingerprint density at radius 3 is 2.06 bits per heavy atom. The van der Waals surface area contributed by atoms with Crippen LogP contribution in [0.15, 0.2) is 182 Å². The zero-order valence-electron chi connectivity index (χ0n) is 36.0. The van der Waals surface area contributed by atoms with E-state index in [1.165, 1.54) is 49.2 Å². The molecule has 0 spiro atoms. The Labute approximate surface area is 371 Å². The van der Waals surface area contributed by atoms with E-state index in [0.717, 1.165) is 86.5 Å². The first-order chi connectivity index (χ1) is 31.6. The van der Waals surface area contributed by atoms with E-state index in [0.29, 0.717) is 13.2 Å². The van der Waals surface area contributed by atoms with Gasteiger partial charge in [-0.15, -0.1) is 0 Å². The number of fused-ring (bicyclic) bond motifs is 4. The summed E-state index contributed by atoms with van der Waals surface area (Å²) in [6.45, 7) is 4.37. The number of aryl methyl sites for hydroxylation is 1. The lowest BCUT2D eigenvalue weighted by molar-refractivity contribution is -0.676. The van der Waals surface area contributed by atoms with Crippen molar-refractivity contribution in [3.8, 4) is 62.0 Å². The van der Waals surface area contributed by atoms with E-state index in [9.17, 15) is 0 Å². The third-order valence-electron chi connectivity index (χ3n) is 13.1. The van der Waals surface area contributed by atoms with Crippen LogP contribution in [-0.4, -0.2) is 22.8 Å². The zero-order valence-corrected chi connectivity index (χ0v) is 36.0. The van der Waals surface area contributed by atoms with Crippen molar-refractivity contribution in [1.29, 1.82) is 0 Å². The molecule has 64 heavy (non-hydrogen) atoms. The smallest absolute Gasteiger partial charge is 0.255 e. The largest absolute Gasteiger partial charge is 0.487 e. The van der Waals surface area contributed by atoms with Crippen LogP contribution < -0.4 is 18.6 Å². The monoisotopic (exact) mass is 830 g/mol. The van der Waals surface area contributed by atoms with E-state index in [2.05, 4.69) is 210 Å². The van der Waals surface area contributed by atoms with Crippen LogP contribution >= 0.6 is 0 Å². The second-order valence-corrected chi connectivity index (χ2v) is 16.8. The molecule has 0 bridgehead atoms. The fraction of sp³-hybridized carbons (Fsp3) is 0.121. The Balaban J connectivity index is 1.10. The third kappa shape index (κ3) is 6.12. The number of hydrogen-bond acceptors (Lipinski definition) is 3. The third-order valence-corrected chi connectivity index (χ3v) is 13.1. The Morgan fingerprint density at radius 1 is 0.594 bits per heavy atom. The lowest BCUT2D eigenvalue weighted by Gasteiger charge is -2.21. The summed E-state index contributed by atoms with van der Waals surface area (Å²) in [5.41, 5.74) is 13.5. The Kier molecular flexibility index (Phi) is 9.18. The molecule has 0 atom stereocenters. The van der Waals surface area contributed by atoms with Crippen LogP contribution in [-0.2, 0) is 13.6 Å². The number of para-hydroxylation sites is 3. The number of ether oxygens (including phenoxy) is 2. The number of hydrogen-bond donors (Lipinski definition) is 0. The van der Waals surface area contributed by atoms with Crippen LogP contribution in [0.5, 0.6) is 11.5 Å². The first kappa shape index (κ1) is 37.9. The van der Waals surface area contributed by atoms with Crippen molar-refractivity contribution in [1.82, 2.24) is 9.55 Å². The average Bonchev–Trinajstić information content (AvgIpc) is 3.74. The first-order valence-corrected chi connectivity index (χ1v) is 22.4. The summed E-state index contributed by atoms with van der Waals surface area (Å²) in [7, 11) is 2.12. The van der Waals surface area contributed by atoms with Gasteiger partial charge in [-0.05, 0) is 128 Å². The van der Waals surface area contributed by atoms with Gasteiger partial charge in [-0.3, -0.25) is 4.57 Å². The van der Waals surface area contributed by atoms with Crippen LogP contribution in [0.3, 0.4) is 0 Å². The highest BCUT2D eigenvalue weighted by Crippen LogP contribution is 2.48. The van der Waals surface area contributed by atoms with Crippen LogP contribution in [0.2, 0.25) is 0 Å². The van der Waals surface area contributed by atoms with E-state index >= 15 is 0 Å². The molecule has 11 aromatic rings. The molecule has 308 valence electrons. The topological polar surface area (TPSA) is 44.0 Å². The number of nitrogens with zero attached hydrogens (tertiary/aromatic N) is 4. The van der Waals surface area contributed by atoms with Gasteiger partial charge in [0.25, 0.3) is 11.0 Å². The van der Waals surface area contributed by atoms with Crippen LogP contribution in [0.25, 0.3) is 105 Å². The molecule has 12 rings (SSSR count). The molecule has 0 aliphatic carbocycles. The van der Waals surface area contributed by atoms with Gasteiger partial charge < -0.3 is 9.47 Å². The molecule has 0 amide bonds. The van der Waals surface area contributed by atoms with Crippen molar-refractivity contribution in [2.24, 2.45) is 7.05 Å².